The minimum Gasteiger partial charge on any atom is -0.355 e. The summed E-state index contributed by atoms with van der Waals surface area (Å²) in [7, 11) is 1.88. The Morgan fingerprint density at radius 3 is 2.38 bits per heavy atom. The van der Waals surface area contributed by atoms with Gasteiger partial charge in [0.05, 0.1) is 6.54 Å². The van der Waals surface area contributed by atoms with Gasteiger partial charge in [0.25, 0.3) is 5.91 Å². The van der Waals surface area contributed by atoms with Crippen LogP contribution in [0.3, 0.4) is 0 Å². The van der Waals surface area contributed by atoms with Gasteiger partial charge in [0.15, 0.2) is 0 Å². The van der Waals surface area contributed by atoms with E-state index in [1.54, 1.807) is 12.1 Å². The van der Waals surface area contributed by atoms with Gasteiger partial charge in [-0.05, 0) is 30.7 Å². The zero-order valence-electron chi connectivity index (χ0n) is 12.8. The second-order valence-electron chi connectivity index (χ2n) is 5.54. The van der Waals surface area contributed by atoms with E-state index in [1.165, 1.54) is 0 Å². The van der Waals surface area contributed by atoms with Crippen molar-refractivity contribution in [2.45, 2.75) is 20.4 Å². The summed E-state index contributed by atoms with van der Waals surface area (Å²) in [6.07, 6.45) is 0. The van der Waals surface area contributed by atoms with Crippen molar-refractivity contribution in [2.24, 2.45) is 11.8 Å². The maximum Gasteiger partial charge on any atom is 0.265 e. The summed E-state index contributed by atoms with van der Waals surface area (Å²) in [6.45, 7) is 5.79. The molecule has 0 atom stereocenters. The van der Waals surface area contributed by atoms with Gasteiger partial charge < -0.3 is 5.32 Å². The van der Waals surface area contributed by atoms with Crippen LogP contribution in [0.4, 0.5) is 0 Å². The smallest absolute Gasteiger partial charge is 0.265 e. The number of hydrogen-bond donors (Lipinski definition) is 3. The molecule has 6 nitrogen and oxygen atoms in total. The van der Waals surface area contributed by atoms with Crippen molar-refractivity contribution in [1.29, 1.82) is 0 Å². The van der Waals surface area contributed by atoms with Crippen LogP contribution >= 0.6 is 0 Å². The molecule has 0 aliphatic rings. The quantitative estimate of drug-likeness (QED) is 0.388. The van der Waals surface area contributed by atoms with Gasteiger partial charge in [-0.1, -0.05) is 26.0 Å². The first-order valence-electron chi connectivity index (χ1n) is 6.97. The minimum atomic E-state index is -0.317. The molecule has 0 aromatic heterocycles. The van der Waals surface area contributed by atoms with Gasteiger partial charge in [-0.15, -0.1) is 0 Å². The predicted octanol–water partition coefficient (Wildman–Crippen LogP) is 0.494. The zero-order chi connectivity index (χ0) is 15.8. The van der Waals surface area contributed by atoms with E-state index in [2.05, 4.69) is 24.6 Å². The Morgan fingerprint density at radius 1 is 1.24 bits per heavy atom. The molecule has 0 aliphatic heterocycles. The number of carbonyl (C=O) groups is 2. The Labute approximate surface area is 125 Å². The Bertz CT molecular complexity index is 471. The van der Waals surface area contributed by atoms with Crippen LogP contribution in [0.2, 0.25) is 0 Å². The number of carbonyl (C=O) groups excluding carboxylic acids is 2. The molecule has 4 N–H and O–H groups in total. The van der Waals surface area contributed by atoms with Crippen molar-refractivity contribution in [3.8, 4) is 0 Å². The molecular weight excluding hydrogens is 268 g/mol. The van der Waals surface area contributed by atoms with E-state index < -0.39 is 0 Å². The summed E-state index contributed by atoms with van der Waals surface area (Å²) in [6, 6.07) is 7.13. The molecule has 0 fully saturated rings. The predicted molar refractivity (Wildman–Crippen MR) is 82.3 cm³/mol. The monoisotopic (exact) mass is 292 g/mol. The number of nitrogens with one attached hydrogen (secondary N) is 2. The number of nitrogens with two attached hydrogens (primary N) is 1. The Morgan fingerprint density at radius 2 is 1.86 bits per heavy atom. The van der Waals surface area contributed by atoms with Crippen LogP contribution in [0.15, 0.2) is 24.3 Å². The van der Waals surface area contributed by atoms with Crippen LogP contribution in [0.25, 0.3) is 0 Å². The minimum absolute atomic E-state index is 0.0188. The van der Waals surface area contributed by atoms with Crippen LogP contribution in [-0.4, -0.2) is 36.9 Å². The molecule has 0 heterocycles. The van der Waals surface area contributed by atoms with Gasteiger partial charge in [-0.25, -0.2) is 5.84 Å². The van der Waals surface area contributed by atoms with Gasteiger partial charge >= 0.3 is 0 Å². The number of likely N-dealkylation sites (N-methyl/N-ethyl adjacent to an activating group) is 1. The molecule has 0 radical (unpaired) electrons. The lowest BCUT2D eigenvalue weighted by Crippen LogP contribution is -2.36. The number of hydrazine groups is 1. The molecule has 21 heavy (non-hydrogen) atoms. The summed E-state index contributed by atoms with van der Waals surface area (Å²) in [5, 5.41) is 2.88. The number of rotatable bonds is 7. The Hall–Kier alpha value is -1.92. The van der Waals surface area contributed by atoms with Crippen LogP contribution in [0.5, 0.6) is 0 Å². The fourth-order valence-electron chi connectivity index (χ4n) is 1.83. The lowest BCUT2D eigenvalue weighted by molar-refractivity contribution is -0.122. The molecule has 0 aliphatic carbocycles. The maximum atomic E-state index is 11.7. The van der Waals surface area contributed by atoms with E-state index in [9.17, 15) is 9.59 Å². The number of benzene rings is 1. The van der Waals surface area contributed by atoms with Gasteiger partial charge in [0.2, 0.25) is 5.91 Å². The van der Waals surface area contributed by atoms with Gasteiger partial charge in [0, 0.05) is 18.7 Å². The first kappa shape index (κ1) is 17.1. The number of hydrogen-bond acceptors (Lipinski definition) is 4. The molecular formula is C15H24N4O2. The van der Waals surface area contributed by atoms with E-state index in [0.717, 1.165) is 5.56 Å². The van der Waals surface area contributed by atoms with E-state index in [0.29, 0.717) is 31.1 Å². The molecule has 2 amide bonds. The van der Waals surface area contributed by atoms with Crippen LogP contribution in [0, 0.1) is 5.92 Å². The molecule has 6 heteroatoms. The molecule has 0 saturated carbocycles. The second kappa shape index (κ2) is 8.39. The molecule has 1 aromatic rings. The van der Waals surface area contributed by atoms with Crippen molar-refractivity contribution in [1.82, 2.24) is 15.6 Å². The average Bonchev–Trinajstić information content (AvgIpc) is 2.45. The molecule has 1 aromatic carbocycles. The zero-order valence-corrected chi connectivity index (χ0v) is 12.8. The molecule has 0 unspecified atom stereocenters. The Balaban J connectivity index is 2.45. The standard InChI is InChI=1S/C15H24N4O2/c1-11(2)8-17-14(20)10-19(3)9-12-4-6-13(7-5-12)15(21)18-16/h4-7,11H,8-10,16H2,1-3H3,(H,17,20)(H,18,21). The van der Waals surface area contributed by atoms with Gasteiger partial charge in [0.1, 0.15) is 0 Å². The SMILES string of the molecule is CC(C)CNC(=O)CN(C)Cc1ccc(C(=O)NN)cc1. The lowest BCUT2D eigenvalue weighted by Gasteiger charge is -2.17. The molecule has 0 saturated heterocycles. The molecule has 0 spiro atoms. The number of nitrogens with zero attached hydrogens (tertiary/aromatic N) is 1. The number of amides is 2. The van der Waals surface area contributed by atoms with Gasteiger partial charge in [-0.2, -0.15) is 0 Å². The van der Waals surface area contributed by atoms with E-state index in [-0.39, 0.29) is 11.8 Å². The Kier molecular flexibility index (Phi) is 6.84. The highest BCUT2D eigenvalue weighted by molar-refractivity contribution is 5.93. The fourth-order valence-corrected chi connectivity index (χ4v) is 1.83. The third-order valence-electron chi connectivity index (χ3n) is 2.92. The van der Waals surface area contributed by atoms with Crippen molar-refractivity contribution < 1.29 is 9.59 Å². The van der Waals surface area contributed by atoms with Crippen LogP contribution in [-0.2, 0) is 11.3 Å². The first-order valence-corrected chi connectivity index (χ1v) is 6.97. The van der Waals surface area contributed by atoms with Crippen molar-refractivity contribution in [3.63, 3.8) is 0 Å². The van der Waals surface area contributed by atoms with Crippen LogP contribution in [0.1, 0.15) is 29.8 Å². The largest absolute Gasteiger partial charge is 0.355 e. The molecule has 116 valence electrons. The highest BCUT2D eigenvalue weighted by atomic mass is 16.2. The van der Waals surface area contributed by atoms with Crippen LogP contribution < -0.4 is 16.6 Å². The topological polar surface area (TPSA) is 87.5 Å². The van der Waals surface area contributed by atoms with E-state index in [1.807, 2.05) is 24.1 Å². The highest BCUT2D eigenvalue weighted by Gasteiger charge is 2.08. The second-order valence-corrected chi connectivity index (χ2v) is 5.54. The first-order chi connectivity index (χ1) is 9.92. The summed E-state index contributed by atoms with van der Waals surface area (Å²) < 4.78 is 0. The molecule has 0 bridgehead atoms. The highest BCUT2D eigenvalue weighted by Crippen LogP contribution is 2.06. The summed E-state index contributed by atoms with van der Waals surface area (Å²) in [5.41, 5.74) is 3.63. The average molecular weight is 292 g/mol. The molecule has 1 rings (SSSR count). The van der Waals surface area contributed by atoms with Crippen molar-refractivity contribution in [2.75, 3.05) is 20.1 Å². The van der Waals surface area contributed by atoms with E-state index in [4.69, 9.17) is 5.84 Å². The normalized spacial score (nSPS) is 10.8. The van der Waals surface area contributed by atoms with Gasteiger partial charge in [-0.3, -0.25) is 19.9 Å². The summed E-state index contributed by atoms with van der Waals surface area (Å²) in [5.74, 6) is 5.22. The van der Waals surface area contributed by atoms with Crippen molar-refractivity contribution in [3.05, 3.63) is 35.4 Å². The lowest BCUT2D eigenvalue weighted by atomic mass is 10.1. The van der Waals surface area contributed by atoms with E-state index >= 15 is 0 Å². The van der Waals surface area contributed by atoms with Crippen molar-refractivity contribution >= 4 is 11.8 Å². The summed E-state index contributed by atoms with van der Waals surface area (Å²) >= 11 is 0. The number of nitrogen functional groups attached to an aromatic ring is 1. The third kappa shape index (κ3) is 6.37. The summed E-state index contributed by atoms with van der Waals surface area (Å²) in [4.78, 5) is 25.0. The third-order valence-corrected chi connectivity index (χ3v) is 2.92. The maximum absolute atomic E-state index is 11.7. The fraction of sp³-hybridized carbons (Fsp3) is 0.467.